The summed E-state index contributed by atoms with van der Waals surface area (Å²) in [5.74, 6) is 1.33. The predicted octanol–water partition coefficient (Wildman–Crippen LogP) is 0.809. The van der Waals surface area contributed by atoms with E-state index in [1.807, 2.05) is 0 Å². The molecule has 1 aliphatic rings. The third-order valence-electron chi connectivity index (χ3n) is 2.65. The highest BCUT2D eigenvalue weighted by Gasteiger charge is 2.27. The molecular weight excluding hydrogens is 186 g/mol. The Morgan fingerprint density at radius 1 is 1.46 bits per heavy atom. The first-order valence-corrected chi connectivity index (χ1v) is 6.81. The van der Waals surface area contributed by atoms with Gasteiger partial charge in [-0.15, -0.1) is 0 Å². The molecule has 0 saturated heterocycles. The van der Waals surface area contributed by atoms with Crippen molar-refractivity contribution in [3.8, 4) is 0 Å². The molecule has 0 aliphatic heterocycles. The highest BCUT2D eigenvalue weighted by atomic mass is 32.2. The normalized spacial score (nSPS) is 20.2. The molecule has 0 bridgehead atoms. The fourth-order valence-electron chi connectivity index (χ4n) is 1.35. The number of hydrogen-bond donors (Lipinski definition) is 1. The predicted molar refractivity (Wildman–Crippen MR) is 54.5 cm³/mol. The molecule has 1 saturated carbocycles. The van der Waals surface area contributed by atoms with Crippen LogP contribution in [0.15, 0.2) is 0 Å². The standard InChI is InChI=1S/C9H19NO2S/c1-3-13(11,12)7-6-10-8(2)9-4-5-9/h8-10H,3-7H2,1-2H3. The second kappa shape index (κ2) is 4.42. The Balaban J connectivity index is 2.12. The zero-order chi connectivity index (χ0) is 9.90. The SMILES string of the molecule is CCS(=O)(=O)CCNC(C)C1CC1. The van der Waals surface area contributed by atoms with Crippen LogP contribution in [0.4, 0.5) is 0 Å². The third kappa shape index (κ3) is 4.09. The Labute approximate surface area is 80.8 Å². The largest absolute Gasteiger partial charge is 0.313 e. The quantitative estimate of drug-likeness (QED) is 0.698. The summed E-state index contributed by atoms with van der Waals surface area (Å²) >= 11 is 0. The van der Waals surface area contributed by atoms with Gasteiger partial charge in [-0.1, -0.05) is 6.92 Å². The van der Waals surface area contributed by atoms with Crippen LogP contribution in [0.2, 0.25) is 0 Å². The highest BCUT2D eigenvalue weighted by Crippen LogP contribution is 2.32. The van der Waals surface area contributed by atoms with Gasteiger partial charge in [0.2, 0.25) is 0 Å². The molecule has 0 aromatic rings. The van der Waals surface area contributed by atoms with Gasteiger partial charge in [0.1, 0.15) is 0 Å². The van der Waals surface area contributed by atoms with Crippen LogP contribution in [-0.4, -0.2) is 32.5 Å². The van der Waals surface area contributed by atoms with Gasteiger partial charge in [-0.3, -0.25) is 0 Å². The van der Waals surface area contributed by atoms with Crippen molar-refractivity contribution < 1.29 is 8.42 Å². The summed E-state index contributed by atoms with van der Waals surface area (Å²) in [7, 11) is -2.78. The fraction of sp³-hybridized carbons (Fsp3) is 1.00. The van der Waals surface area contributed by atoms with E-state index in [1.165, 1.54) is 12.8 Å². The summed E-state index contributed by atoms with van der Waals surface area (Å²) < 4.78 is 22.3. The molecule has 4 heteroatoms. The van der Waals surface area contributed by atoms with E-state index in [4.69, 9.17) is 0 Å². The van der Waals surface area contributed by atoms with Crippen molar-refractivity contribution in [2.45, 2.75) is 32.7 Å². The maximum atomic E-state index is 11.1. The van der Waals surface area contributed by atoms with E-state index < -0.39 is 9.84 Å². The molecule has 0 radical (unpaired) electrons. The van der Waals surface area contributed by atoms with Gasteiger partial charge < -0.3 is 5.32 Å². The van der Waals surface area contributed by atoms with E-state index in [-0.39, 0.29) is 11.5 Å². The zero-order valence-corrected chi connectivity index (χ0v) is 9.23. The minimum atomic E-state index is -2.78. The van der Waals surface area contributed by atoms with E-state index >= 15 is 0 Å². The lowest BCUT2D eigenvalue weighted by Gasteiger charge is -2.11. The molecular formula is C9H19NO2S. The van der Waals surface area contributed by atoms with Gasteiger partial charge >= 0.3 is 0 Å². The summed E-state index contributed by atoms with van der Waals surface area (Å²) in [5, 5.41) is 3.26. The van der Waals surface area contributed by atoms with Crippen LogP contribution in [-0.2, 0) is 9.84 Å². The summed E-state index contributed by atoms with van der Waals surface area (Å²) in [6, 6.07) is 0.493. The Morgan fingerprint density at radius 3 is 2.54 bits per heavy atom. The first kappa shape index (κ1) is 11.0. The molecule has 0 aromatic heterocycles. The van der Waals surface area contributed by atoms with Crippen LogP contribution in [0.25, 0.3) is 0 Å². The first-order chi connectivity index (χ1) is 6.05. The molecule has 1 N–H and O–H groups in total. The number of sulfone groups is 1. The van der Waals surface area contributed by atoms with Crippen LogP contribution in [0.5, 0.6) is 0 Å². The minimum absolute atomic E-state index is 0.256. The Hall–Kier alpha value is -0.0900. The average Bonchev–Trinajstić information content (AvgIpc) is 2.86. The maximum Gasteiger partial charge on any atom is 0.151 e. The molecule has 1 rings (SSSR count). The maximum absolute atomic E-state index is 11.1. The Bertz CT molecular complexity index is 244. The van der Waals surface area contributed by atoms with Crippen molar-refractivity contribution in [3.05, 3.63) is 0 Å². The van der Waals surface area contributed by atoms with E-state index in [1.54, 1.807) is 6.92 Å². The Kier molecular flexibility index (Phi) is 3.74. The van der Waals surface area contributed by atoms with Crippen LogP contribution in [0.3, 0.4) is 0 Å². The smallest absolute Gasteiger partial charge is 0.151 e. The summed E-state index contributed by atoms with van der Waals surface area (Å²) in [5.41, 5.74) is 0. The molecule has 3 nitrogen and oxygen atoms in total. The van der Waals surface area contributed by atoms with E-state index in [9.17, 15) is 8.42 Å². The van der Waals surface area contributed by atoms with Crippen molar-refractivity contribution >= 4 is 9.84 Å². The van der Waals surface area contributed by atoms with Gasteiger partial charge in [0.05, 0.1) is 5.75 Å². The second-order valence-corrected chi connectivity index (χ2v) is 6.29. The van der Waals surface area contributed by atoms with E-state index in [0.29, 0.717) is 12.6 Å². The van der Waals surface area contributed by atoms with Gasteiger partial charge in [-0.05, 0) is 25.7 Å². The molecule has 1 aliphatic carbocycles. The van der Waals surface area contributed by atoms with Crippen molar-refractivity contribution in [1.82, 2.24) is 5.32 Å². The van der Waals surface area contributed by atoms with Crippen LogP contribution < -0.4 is 5.32 Å². The van der Waals surface area contributed by atoms with Crippen LogP contribution in [0, 0.1) is 5.92 Å². The molecule has 1 fully saturated rings. The zero-order valence-electron chi connectivity index (χ0n) is 8.41. The number of nitrogens with one attached hydrogen (secondary N) is 1. The molecule has 0 aromatic carbocycles. The van der Waals surface area contributed by atoms with Gasteiger partial charge in [0.25, 0.3) is 0 Å². The molecule has 13 heavy (non-hydrogen) atoms. The molecule has 0 heterocycles. The first-order valence-electron chi connectivity index (χ1n) is 4.99. The van der Waals surface area contributed by atoms with Gasteiger partial charge in [-0.25, -0.2) is 8.42 Å². The average molecular weight is 205 g/mol. The van der Waals surface area contributed by atoms with E-state index in [0.717, 1.165) is 5.92 Å². The number of rotatable bonds is 6. The topological polar surface area (TPSA) is 46.2 Å². The van der Waals surface area contributed by atoms with Crippen molar-refractivity contribution in [3.63, 3.8) is 0 Å². The monoisotopic (exact) mass is 205 g/mol. The third-order valence-corrected chi connectivity index (χ3v) is 4.35. The minimum Gasteiger partial charge on any atom is -0.313 e. The molecule has 1 unspecified atom stereocenters. The highest BCUT2D eigenvalue weighted by molar-refractivity contribution is 7.91. The van der Waals surface area contributed by atoms with Crippen molar-refractivity contribution in [2.75, 3.05) is 18.1 Å². The lowest BCUT2D eigenvalue weighted by molar-refractivity contribution is 0.509. The fourth-order valence-corrected chi connectivity index (χ4v) is 2.07. The van der Waals surface area contributed by atoms with Crippen LogP contribution >= 0.6 is 0 Å². The van der Waals surface area contributed by atoms with Gasteiger partial charge in [0, 0.05) is 18.3 Å². The Morgan fingerprint density at radius 2 is 2.08 bits per heavy atom. The van der Waals surface area contributed by atoms with E-state index in [2.05, 4.69) is 12.2 Å². The molecule has 0 amide bonds. The summed E-state index contributed by atoms with van der Waals surface area (Å²) in [6.07, 6.45) is 2.60. The molecule has 0 spiro atoms. The summed E-state index contributed by atoms with van der Waals surface area (Å²) in [6.45, 7) is 4.43. The van der Waals surface area contributed by atoms with Crippen molar-refractivity contribution in [1.29, 1.82) is 0 Å². The lowest BCUT2D eigenvalue weighted by Crippen LogP contribution is -2.32. The van der Waals surface area contributed by atoms with Gasteiger partial charge in [-0.2, -0.15) is 0 Å². The summed E-state index contributed by atoms with van der Waals surface area (Å²) in [4.78, 5) is 0. The van der Waals surface area contributed by atoms with Crippen molar-refractivity contribution in [2.24, 2.45) is 5.92 Å². The second-order valence-electron chi connectivity index (χ2n) is 3.82. The molecule has 78 valence electrons. The van der Waals surface area contributed by atoms with Gasteiger partial charge in [0.15, 0.2) is 9.84 Å². The lowest BCUT2D eigenvalue weighted by atomic mass is 10.2. The van der Waals surface area contributed by atoms with Crippen LogP contribution in [0.1, 0.15) is 26.7 Å². The molecule has 1 atom stereocenters. The number of hydrogen-bond acceptors (Lipinski definition) is 3.